The molecule has 33 heavy (non-hydrogen) atoms. The van der Waals surface area contributed by atoms with E-state index in [4.69, 9.17) is 14.2 Å². The number of hydrogen-bond donors (Lipinski definition) is 0. The van der Waals surface area contributed by atoms with Crippen molar-refractivity contribution in [3.05, 3.63) is 69.8 Å². The van der Waals surface area contributed by atoms with Gasteiger partial charge in [0.05, 0.1) is 24.9 Å². The third-order valence-corrected chi connectivity index (χ3v) is 7.72. The molecule has 2 aromatic rings. The van der Waals surface area contributed by atoms with E-state index in [1.54, 1.807) is 12.1 Å². The van der Waals surface area contributed by atoms with E-state index in [2.05, 4.69) is 67.9 Å². The Morgan fingerprint density at radius 2 is 1.48 bits per heavy atom. The van der Waals surface area contributed by atoms with Crippen LogP contribution < -0.4 is 0 Å². The molecule has 2 atom stereocenters. The molecule has 1 fully saturated rings. The number of esters is 1. The molecule has 0 N–H and O–H groups in total. The molecular formula is C28H33BrO4. The Hall–Kier alpha value is -1.95. The molecule has 1 aliphatic carbocycles. The highest BCUT2D eigenvalue weighted by molar-refractivity contribution is 9.08. The molecule has 2 unspecified atom stereocenters. The summed E-state index contributed by atoms with van der Waals surface area (Å²) in [5, 5.41) is 0.759. The Balaban J connectivity index is 1.75. The molecule has 1 aliphatic heterocycles. The van der Waals surface area contributed by atoms with Gasteiger partial charge in [-0.05, 0) is 53.8 Å². The molecule has 0 saturated carbocycles. The molecule has 4 nitrogen and oxygen atoms in total. The van der Waals surface area contributed by atoms with E-state index in [9.17, 15) is 4.79 Å². The molecular weight excluding hydrogens is 480 g/mol. The van der Waals surface area contributed by atoms with Crippen LogP contribution in [0.25, 0.3) is 12.2 Å². The van der Waals surface area contributed by atoms with Gasteiger partial charge in [0, 0.05) is 16.2 Å². The second-order valence-corrected chi connectivity index (χ2v) is 11.2. The second kappa shape index (κ2) is 8.37. The molecule has 1 saturated heterocycles. The van der Waals surface area contributed by atoms with Gasteiger partial charge in [0.15, 0.2) is 5.79 Å². The SMILES string of the molecule is COC(=O)c1ccc(C=Cc2cc3c(cc2CBr)C(C)(C)C2OC(C)(C)OC2C3(C)C)cc1. The predicted octanol–water partition coefficient (Wildman–Crippen LogP) is 6.63. The van der Waals surface area contributed by atoms with Crippen molar-refractivity contribution in [1.29, 1.82) is 0 Å². The van der Waals surface area contributed by atoms with Crippen molar-refractivity contribution >= 4 is 34.1 Å². The quantitative estimate of drug-likeness (QED) is 0.262. The Kier molecular flexibility index (Phi) is 6.13. The molecule has 176 valence electrons. The molecule has 0 radical (unpaired) electrons. The summed E-state index contributed by atoms with van der Waals surface area (Å²) in [6, 6.07) is 12.1. The van der Waals surface area contributed by atoms with E-state index in [1.807, 2.05) is 26.0 Å². The number of hydrogen-bond acceptors (Lipinski definition) is 4. The monoisotopic (exact) mass is 512 g/mol. The highest BCUT2D eigenvalue weighted by Gasteiger charge is 2.59. The predicted molar refractivity (Wildman–Crippen MR) is 136 cm³/mol. The summed E-state index contributed by atoms with van der Waals surface area (Å²) in [6.07, 6.45) is 4.20. The molecule has 0 bridgehead atoms. The maximum Gasteiger partial charge on any atom is 0.337 e. The van der Waals surface area contributed by atoms with Gasteiger partial charge in [0.2, 0.25) is 0 Å². The van der Waals surface area contributed by atoms with Crippen molar-refractivity contribution in [2.24, 2.45) is 0 Å². The lowest BCUT2D eigenvalue weighted by atomic mass is 9.59. The van der Waals surface area contributed by atoms with Gasteiger partial charge in [-0.25, -0.2) is 4.79 Å². The molecule has 1 heterocycles. The topological polar surface area (TPSA) is 44.8 Å². The standard InChI is InChI=1S/C28H33BrO4/c1-26(2)21-14-19(13-10-17-8-11-18(12-9-17)25(30)31-7)20(16-29)15-22(21)27(3,4)24-23(26)32-28(5,6)33-24/h8-15,23-24H,16H2,1-7H3. The van der Waals surface area contributed by atoms with E-state index >= 15 is 0 Å². The zero-order valence-corrected chi connectivity index (χ0v) is 22.1. The van der Waals surface area contributed by atoms with Crippen LogP contribution >= 0.6 is 15.9 Å². The van der Waals surface area contributed by atoms with Gasteiger partial charge in [-0.3, -0.25) is 0 Å². The van der Waals surface area contributed by atoms with Crippen LogP contribution in [0.15, 0.2) is 36.4 Å². The first-order valence-electron chi connectivity index (χ1n) is 11.4. The zero-order chi connectivity index (χ0) is 24.2. The Bertz CT molecular complexity index is 1100. The molecule has 0 spiro atoms. The minimum Gasteiger partial charge on any atom is -0.465 e. The summed E-state index contributed by atoms with van der Waals surface area (Å²) in [5.41, 5.74) is 6.23. The van der Waals surface area contributed by atoms with Gasteiger partial charge in [0.25, 0.3) is 0 Å². The van der Waals surface area contributed by atoms with E-state index in [-0.39, 0.29) is 29.0 Å². The lowest BCUT2D eigenvalue weighted by Crippen LogP contribution is -2.54. The van der Waals surface area contributed by atoms with Crippen LogP contribution in [-0.4, -0.2) is 31.1 Å². The Morgan fingerprint density at radius 1 is 0.939 bits per heavy atom. The maximum atomic E-state index is 11.7. The lowest BCUT2D eigenvalue weighted by molar-refractivity contribution is -0.153. The van der Waals surface area contributed by atoms with E-state index < -0.39 is 5.79 Å². The summed E-state index contributed by atoms with van der Waals surface area (Å²) >= 11 is 3.70. The van der Waals surface area contributed by atoms with Crippen LogP contribution in [-0.2, 0) is 30.4 Å². The van der Waals surface area contributed by atoms with Crippen LogP contribution in [0.5, 0.6) is 0 Å². The summed E-state index contributed by atoms with van der Waals surface area (Å²) < 4.78 is 17.6. The minimum absolute atomic E-state index is 0.00658. The van der Waals surface area contributed by atoms with Gasteiger partial charge < -0.3 is 14.2 Å². The lowest BCUT2D eigenvalue weighted by Gasteiger charge is -2.48. The maximum absolute atomic E-state index is 11.7. The van der Waals surface area contributed by atoms with Gasteiger partial charge in [-0.2, -0.15) is 0 Å². The number of rotatable bonds is 4. The number of fused-ring (bicyclic) bond motifs is 2. The van der Waals surface area contributed by atoms with Gasteiger partial charge in [0.1, 0.15) is 0 Å². The van der Waals surface area contributed by atoms with Crippen LogP contribution in [0.2, 0.25) is 0 Å². The second-order valence-electron chi connectivity index (χ2n) is 10.6. The molecule has 5 heteroatoms. The van der Waals surface area contributed by atoms with E-state index in [1.165, 1.54) is 29.4 Å². The van der Waals surface area contributed by atoms with Crippen LogP contribution in [0.3, 0.4) is 0 Å². The number of benzene rings is 2. The highest BCUT2D eigenvalue weighted by atomic mass is 79.9. The minimum atomic E-state index is -0.594. The fourth-order valence-electron chi connectivity index (χ4n) is 5.15. The van der Waals surface area contributed by atoms with Crippen molar-refractivity contribution < 1.29 is 19.0 Å². The summed E-state index contributed by atoms with van der Waals surface area (Å²) in [7, 11) is 1.39. The summed E-state index contributed by atoms with van der Waals surface area (Å²) in [5.74, 6) is -0.922. The largest absolute Gasteiger partial charge is 0.465 e. The number of alkyl halides is 1. The first-order valence-corrected chi connectivity index (χ1v) is 12.5. The van der Waals surface area contributed by atoms with Gasteiger partial charge in [-0.1, -0.05) is 80.0 Å². The average molecular weight is 513 g/mol. The third-order valence-electron chi connectivity index (χ3n) is 7.12. The molecule has 2 aromatic carbocycles. The van der Waals surface area contributed by atoms with Crippen molar-refractivity contribution in [3.63, 3.8) is 0 Å². The van der Waals surface area contributed by atoms with E-state index in [0.717, 1.165) is 10.9 Å². The number of carbonyl (C=O) groups excluding carboxylic acids is 1. The zero-order valence-electron chi connectivity index (χ0n) is 20.5. The molecule has 0 aromatic heterocycles. The number of ether oxygens (including phenoxy) is 3. The van der Waals surface area contributed by atoms with Gasteiger partial charge in [-0.15, -0.1) is 0 Å². The number of carbonyl (C=O) groups is 1. The first kappa shape index (κ1) is 24.2. The fraction of sp³-hybridized carbons (Fsp3) is 0.464. The summed E-state index contributed by atoms with van der Waals surface area (Å²) in [6.45, 7) is 13.1. The van der Waals surface area contributed by atoms with Crippen LogP contribution in [0.1, 0.15) is 79.7 Å². The average Bonchev–Trinajstić information content (AvgIpc) is 3.13. The first-order chi connectivity index (χ1) is 15.4. The van der Waals surface area contributed by atoms with Crippen molar-refractivity contribution in [3.8, 4) is 0 Å². The van der Waals surface area contributed by atoms with Crippen molar-refractivity contribution in [2.75, 3.05) is 7.11 Å². The normalized spacial score (nSPS) is 24.4. The van der Waals surface area contributed by atoms with Crippen LogP contribution in [0.4, 0.5) is 0 Å². The van der Waals surface area contributed by atoms with E-state index in [0.29, 0.717) is 5.56 Å². The van der Waals surface area contributed by atoms with Crippen molar-refractivity contribution in [1.82, 2.24) is 0 Å². The fourth-order valence-corrected chi connectivity index (χ4v) is 5.64. The van der Waals surface area contributed by atoms with Gasteiger partial charge >= 0.3 is 5.97 Å². The Labute approximate surface area is 205 Å². The molecule has 4 rings (SSSR count). The number of halogens is 1. The van der Waals surface area contributed by atoms with Crippen LogP contribution in [0, 0.1) is 0 Å². The Morgan fingerprint density at radius 3 is 2.00 bits per heavy atom. The number of methoxy groups -OCH3 is 1. The van der Waals surface area contributed by atoms with Crippen molar-refractivity contribution in [2.45, 2.75) is 75.7 Å². The molecule has 0 amide bonds. The smallest absolute Gasteiger partial charge is 0.337 e. The third kappa shape index (κ3) is 4.20. The molecule has 2 aliphatic rings. The summed E-state index contributed by atoms with van der Waals surface area (Å²) in [4.78, 5) is 11.7. The highest BCUT2D eigenvalue weighted by Crippen LogP contribution is 2.54.